The Kier molecular flexibility index (Phi) is 4.67. The van der Waals surface area contributed by atoms with Crippen LogP contribution in [0.15, 0.2) is 12.1 Å². The molecule has 4 nitrogen and oxygen atoms in total. The van der Waals surface area contributed by atoms with E-state index in [1.807, 2.05) is 12.1 Å². The van der Waals surface area contributed by atoms with Gasteiger partial charge in [0.15, 0.2) is 0 Å². The summed E-state index contributed by atoms with van der Waals surface area (Å²) >= 11 is 6.28. The summed E-state index contributed by atoms with van der Waals surface area (Å²) in [6, 6.07) is 4.93. The van der Waals surface area contributed by atoms with Gasteiger partial charge >= 0.3 is 0 Å². The van der Waals surface area contributed by atoms with Gasteiger partial charge in [-0.15, -0.1) is 0 Å². The molecule has 2 heterocycles. The Labute approximate surface area is 131 Å². The van der Waals surface area contributed by atoms with E-state index in [1.165, 1.54) is 19.3 Å². The third kappa shape index (κ3) is 3.33. The highest BCUT2D eigenvalue weighted by Gasteiger charge is 2.36. The molecule has 2 atom stereocenters. The third-order valence-electron chi connectivity index (χ3n) is 4.36. The predicted molar refractivity (Wildman–Crippen MR) is 85.9 cm³/mol. The van der Waals surface area contributed by atoms with Gasteiger partial charge in [-0.25, -0.2) is 4.98 Å². The Balaban J connectivity index is 1.79. The van der Waals surface area contributed by atoms with Crippen molar-refractivity contribution >= 4 is 17.4 Å². The average molecular weight is 310 g/mol. The van der Waals surface area contributed by atoms with Crippen molar-refractivity contribution in [2.24, 2.45) is 0 Å². The second-order valence-corrected chi connectivity index (χ2v) is 6.64. The number of anilines is 1. The van der Waals surface area contributed by atoms with Gasteiger partial charge in [0.05, 0.1) is 29.5 Å². The fourth-order valence-electron chi connectivity index (χ4n) is 3.27. The van der Waals surface area contributed by atoms with Gasteiger partial charge in [0.1, 0.15) is 5.82 Å². The van der Waals surface area contributed by atoms with Gasteiger partial charge in [0.2, 0.25) is 0 Å². The Bertz CT molecular complexity index is 494. The lowest BCUT2D eigenvalue weighted by Crippen LogP contribution is -2.49. The van der Waals surface area contributed by atoms with Crippen molar-refractivity contribution in [3.05, 3.63) is 22.8 Å². The van der Waals surface area contributed by atoms with Crippen LogP contribution in [0.1, 0.15) is 38.8 Å². The molecule has 1 aromatic rings. The van der Waals surface area contributed by atoms with E-state index in [1.54, 1.807) is 0 Å². The quantitative estimate of drug-likeness (QED) is 0.928. The molecule has 1 saturated carbocycles. The number of aromatic nitrogens is 1. The molecule has 5 heteroatoms. The molecule has 0 amide bonds. The smallest absolute Gasteiger partial charge is 0.129 e. The summed E-state index contributed by atoms with van der Waals surface area (Å²) in [6.07, 6.45) is 4.01. The molecule has 1 N–H and O–H groups in total. The van der Waals surface area contributed by atoms with Crippen LogP contribution >= 0.6 is 11.6 Å². The first-order valence-corrected chi connectivity index (χ1v) is 8.30. The van der Waals surface area contributed by atoms with E-state index in [0.29, 0.717) is 24.7 Å². The average Bonchev–Trinajstić information content (AvgIpc) is 2.94. The monoisotopic (exact) mass is 309 g/mol. The van der Waals surface area contributed by atoms with E-state index in [9.17, 15) is 0 Å². The molecule has 3 rings (SSSR count). The maximum Gasteiger partial charge on any atom is 0.129 e. The molecule has 1 saturated heterocycles. The summed E-state index contributed by atoms with van der Waals surface area (Å²) < 4.78 is 5.88. The van der Waals surface area contributed by atoms with Crippen LogP contribution in [-0.2, 0) is 11.3 Å². The van der Waals surface area contributed by atoms with Gasteiger partial charge in [-0.2, -0.15) is 0 Å². The van der Waals surface area contributed by atoms with Gasteiger partial charge in [-0.1, -0.05) is 25.4 Å². The molecule has 0 aromatic carbocycles. The summed E-state index contributed by atoms with van der Waals surface area (Å²) in [4.78, 5) is 7.22. The number of hydrogen-bond donors (Lipinski definition) is 1. The Hall–Kier alpha value is -0.840. The number of fused-ring (bicyclic) bond motifs is 1. The first-order chi connectivity index (χ1) is 10.1. The SMILES string of the molecule is CC(C)NCc1nc(N2CCOC3CCCC32)ccc1Cl. The predicted octanol–water partition coefficient (Wildman–Crippen LogP) is 2.99. The number of rotatable bonds is 4. The highest BCUT2D eigenvalue weighted by Crippen LogP contribution is 2.33. The van der Waals surface area contributed by atoms with Crippen molar-refractivity contribution in [3.8, 4) is 0 Å². The van der Waals surface area contributed by atoms with Crippen molar-refractivity contribution in [3.63, 3.8) is 0 Å². The molecular formula is C16H24ClN3O. The molecule has 0 radical (unpaired) electrons. The van der Waals surface area contributed by atoms with E-state index >= 15 is 0 Å². The third-order valence-corrected chi connectivity index (χ3v) is 4.70. The molecule has 21 heavy (non-hydrogen) atoms. The minimum atomic E-state index is 0.383. The molecule has 2 fully saturated rings. The van der Waals surface area contributed by atoms with E-state index in [0.717, 1.165) is 29.7 Å². The number of halogens is 1. The highest BCUT2D eigenvalue weighted by molar-refractivity contribution is 6.31. The van der Waals surface area contributed by atoms with Gasteiger partial charge in [-0.05, 0) is 31.4 Å². The second kappa shape index (κ2) is 6.51. The first kappa shape index (κ1) is 15.1. The Morgan fingerprint density at radius 1 is 1.43 bits per heavy atom. The topological polar surface area (TPSA) is 37.4 Å². The first-order valence-electron chi connectivity index (χ1n) is 7.92. The van der Waals surface area contributed by atoms with Crippen molar-refractivity contribution in [1.29, 1.82) is 0 Å². The minimum Gasteiger partial charge on any atom is -0.374 e. The fraction of sp³-hybridized carbons (Fsp3) is 0.688. The zero-order valence-electron chi connectivity index (χ0n) is 12.8. The van der Waals surface area contributed by atoms with Crippen LogP contribution < -0.4 is 10.2 Å². The summed E-state index contributed by atoms with van der Waals surface area (Å²) in [5.74, 6) is 1.04. The van der Waals surface area contributed by atoms with Gasteiger partial charge in [-0.3, -0.25) is 0 Å². The minimum absolute atomic E-state index is 0.383. The van der Waals surface area contributed by atoms with Crippen molar-refractivity contribution < 1.29 is 4.74 Å². The second-order valence-electron chi connectivity index (χ2n) is 6.23. The highest BCUT2D eigenvalue weighted by atomic mass is 35.5. The Morgan fingerprint density at radius 3 is 3.10 bits per heavy atom. The molecule has 1 aliphatic heterocycles. The van der Waals surface area contributed by atoms with E-state index < -0.39 is 0 Å². The molecule has 1 aromatic heterocycles. The van der Waals surface area contributed by atoms with Crippen LogP contribution in [0.5, 0.6) is 0 Å². The van der Waals surface area contributed by atoms with E-state index in [2.05, 4.69) is 24.1 Å². The lowest BCUT2D eigenvalue weighted by Gasteiger charge is -2.38. The van der Waals surface area contributed by atoms with Gasteiger partial charge in [0, 0.05) is 19.1 Å². The standard InChI is InChI=1S/C16H24ClN3O/c1-11(2)18-10-13-12(17)6-7-16(19-13)20-8-9-21-15-5-3-4-14(15)20/h6-7,11,14-15,18H,3-5,8-10H2,1-2H3. The summed E-state index contributed by atoms with van der Waals surface area (Å²) in [7, 11) is 0. The molecule has 2 unspecified atom stereocenters. The van der Waals surface area contributed by atoms with Crippen LogP contribution in [0.3, 0.4) is 0 Å². The lowest BCUT2D eigenvalue weighted by atomic mass is 10.1. The van der Waals surface area contributed by atoms with Crippen LogP contribution in [0, 0.1) is 0 Å². The zero-order valence-corrected chi connectivity index (χ0v) is 13.6. The molecule has 0 spiro atoms. The molecular weight excluding hydrogens is 286 g/mol. The molecule has 1 aliphatic carbocycles. The maximum atomic E-state index is 6.28. The number of pyridine rings is 1. The Morgan fingerprint density at radius 2 is 2.29 bits per heavy atom. The van der Waals surface area contributed by atoms with Crippen molar-refractivity contribution in [1.82, 2.24) is 10.3 Å². The van der Waals surface area contributed by atoms with Crippen LogP contribution in [0.25, 0.3) is 0 Å². The normalized spacial score (nSPS) is 25.4. The van der Waals surface area contributed by atoms with E-state index in [-0.39, 0.29) is 0 Å². The summed E-state index contributed by atoms with van der Waals surface area (Å²) in [6.45, 7) is 6.69. The van der Waals surface area contributed by atoms with Crippen LogP contribution in [-0.4, -0.2) is 36.3 Å². The molecule has 116 valence electrons. The van der Waals surface area contributed by atoms with Crippen LogP contribution in [0.2, 0.25) is 5.02 Å². The lowest BCUT2D eigenvalue weighted by molar-refractivity contribution is 0.0253. The largest absolute Gasteiger partial charge is 0.374 e. The number of nitrogens with one attached hydrogen (secondary N) is 1. The number of hydrogen-bond acceptors (Lipinski definition) is 4. The van der Waals surface area contributed by atoms with E-state index in [4.69, 9.17) is 21.3 Å². The van der Waals surface area contributed by atoms with Crippen molar-refractivity contribution in [2.45, 2.75) is 57.8 Å². The number of nitrogens with zero attached hydrogens (tertiary/aromatic N) is 2. The van der Waals surface area contributed by atoms with Crippen molar-refractivity contribution in [2.75, 3.05) is 18.1 Å². The molecule has 2 aliphatic rings. The number of morpholine rings is 1. The number of ether oxygens (including phenoxy) is 1. The van der Waals surface area contributed by atoms with Crippen LogP contribution in [0.4, 0.5) is 5.82 Å². The summed E-state index contributed by atoms with van der Waals surface area (Å²) in [5.41, 5.74) is 0.934. The zero-order chi connectivity index (χ0) is 14.8. The fourth-order valence-corrected chi connectivity index (χ4v) is 3.44. The maximum absolute atomic E-state index is 6.28. The molecule has 0 bridgehead atoms. The summed E-state index contributed by atoms with van der Waals surface area (Å²) in [5, 5.41) is 4.13. The van der Waals surface area contributed by atoms with Gasteiger partial charge < -0.3 is 15.0 Å². The van der Waals surface area contributed by atoms with Gasteiger partial charge in [0.25, 0.3) is 0 Å².